The van der Waals surface area contributed by atoms with Gasteiger partial charge in [-0.25, -0.2) is 0 Å². The van der Waals surface area contributed by atoms with Crippen LogP contribution in [0, 0.1) is 0 Å². The molecule has 1 saturated heterocycles. The normalized spacial score (nSPS) is 25.4. The summed E-state index contributed by atoms with van der Waals surface area (Å²) in [4.78, 5) is 3.80. The van der Waals surface area contributed by atoms with Crippen LogP contribution in [0.3, 0.4) is 0 Å². The molecular formula is C15H22ClNO2S. The van der Waals surface area contributed by atoms with E-state index in [0.29, 0.717) is 12.1 Å². The molecule has 1 aliphatic carbocycles. The third-order valence-electron chi connectivity index (χ3n) is 4.37. The van der Waals surface area contributed by atoms with Crippen molar-refractivity contribution in [3.63, 3.8) is 0 Å². The van der Waals surface area contributed by atoms with Gasteiger partial charge in [-0.1, -0.05) is 0 Å². The summed E-state index contributed by atoms with van der Waals surface area (Å²) in [5.74, 6) is 1.03. The highest BCUT2D eigenvalue weighted by atomic mass is 35.5. The minimum atomic E-state index is 0. The van der Waals surface area contributed by atoms with E-state index in [1.54, 1.807) is 7.11 Å². The van der Waals surface area contributed by atoms with Crippen LogP contribution in [0.2, 0.25) is 0 Å². The van der Waals surface area contributed by atoms with E-state index in [1.807, 2.05) is 11.8 Å². The molecule has 0 radical (unpaired) electrons. The van der Waals surface area contributed by atoms with Crippen LogP contribution in [0.25, 0.3) is 0 Å². The quantitative estimate of drug-likeness (QED) is 0.782. The topological polar surface area (TPSA) is 21.7 Å². The van der Waals surface area contributed by atoms with Gasteiger partial charge >= 0.3 is 0 Å². The van der Waals surface area contributed by atoms with Crippen molar-refractivity contribution in [3.8, 4) is 5.75 Å². The largest absolute Gasteiger partial charge is 0.496 e. The summed E-state index contributed by atoms with van der Waals surface area (Å²) < 4.78 is 11.5. The second kappa shape index (κ2) is 6.56. The van der Waals surface area contributed by atoms with Crippen LogP contribution in [0.1, 0.15) is 11.1 Å². The molecule has 2 aliphatic rings. The van der Waals surface area contributed by atoms with E-state index >= 15 is 0 Å². The highest BCUT2D eigenvalue weighted by Crippen LogP contribution is 2.38. The van der Waals surface area contributed by atoms with Crippen molar-refractivity contribution >= 4 is 24.2 Å². The van der Waals surface area contributed by atoms with Crippen LogP contribution in [0.4, 0.5) is 0 Å². The second-order valence-corrected chi connectivity index (χ2v) is 6.14. The average molecular weight is 316 g/mol. The molecule has 0 aromatic heterocycles. The first-order valence-corrected chi connectivity index (χ1v) is 8.01. The van der Waals surface area contributed by atoms with Crippen LogP contribution in [-0.2, 0) is 17.6 Å². The molecule has 1 fully saturated rings. The van der Waals surface area contributed by atoms with Crippen molar-refractivity contribution < 1.29 is 9.47 Å². The molecule has 1 aliphatic heterocycles. The molecule has 1 heterocycles. The van der Waals surface area contributed by atoms with Gasteiger partial charge in [-0.15, -0.1) is 24.2 Å². The molecule has 20 heavy (non-hydrogen) atoms. The minimum absolute atomic E-state index is 0. The Kier molecular flexibility index (Phi) is 5.24. The number of methoxy groups -OCH3 is 1. The zero-order valence-electron chi connectivity index (χ0n) is 12.2. The van der Waals surface area contributed by atoms with E-state index in [0.717, 1.165) is 31.7 Å². The number of rotatable bonds is 2. The number of nitrogens with zero attached hydrogens (tertiary/aromatic N) is 1. The SMILES string of the molecule is COc1ccc(SC)c2c1C[C@H]1[C@H](C2)OCCN1C.Cl. The number of thioether (sulfide) groups is 1. The fourth-order valence-corrected chi connectivity index (χ4v) is 3.94. The number of ether oxygens (including phenoxy) is 2. The lowest BCUT2D eigenvalue weighted by Crippen LogP contribution is -2.53. The Bertz CT molecular complexity index is 483. The monoisotopic (exact) mass is 315 g/mol. The molecule has 112 valence electrons. The molecule has 1 aromatic rings. The van der Waals surface area contributed by atoms with Gasteiger partial charge in [0, 0.05) is 29.5 Å². The Morgan fingerprint density at radius 2 is 2.10 bits per heavy atom. The zero-order valence-corrected chi connectivity index (χ0v) is 13.9. The lowest BCUT2D eigenvalue weighted by Gasteiger charge is -2.43. The summed E-state index contributed by atoms with van der Waals surface area (Å²) in [5, 5.41) is 0. The third kappa shape index (κ3) is 2.67. The van der Waals surface area contributed by atoms with Gasteiger partial charge in [-0.3, -0.25) is 4.90 Å². The van der Waals surface area contributed by atoms with Gasteiger partial charge in [-0.2, -0.15) is 0 Å². The van der Waals surface area contributed by atoms with Gasteiger partial charge in [0.15, 0.2) is 0 Å². The molecule has 3 nitrogen and oxygen atoms in total. The van der Waals surface area contributed by atoms with E-state index in [-0.39, 0.29) is 12.4 Å². The summed E-state index contributed by atoms with van der Waals surface area (Å²) >= 11 is 1.82. The van der Waals surface area contributed by atoms with Gasteiger partial charge in [-0.05, 0) is 37.4 Å². The first kappa shape index (κ1) is 16.0. The molecule has 0 bridgehead atoms. The number of hydrogen-bond donors (Lipinski definition) is 0. The van der Waals surface area contributed by atoms with E-state index < -0.39 is 0 Å². The van der Waals surface area contributed by atoms with Crippen LogP contribution < -0.4 is 4.74 Å². The van der Waals surface area contributed by atoms with Crippen LogP contribution >= 0.6 is 24.2 Å². The van der Waals surface area contributed by atoms with Crippen molar-refractivity contribution in [1.82, 2.24) is 4.90 Å². The molecule has 0 spiro atoms. The molecule has 1 aromatic carbocycles. The first-order chi connectivity index (χ1) is 9.24. The van der Waals surface area contributed by atoms with Gasteiger partial charge in [0.05, 0.1) is 19.8 Å². The number of hydrogen-bond acceptors (Lipinski definition) is 4. The maximum atomic E-state index is 5.99. The molecule has 0 amide bonds. The van der Waals surface area contributed by atoms with Gasteiger partial charge < -0.3 is 9.47 Å². The van der Waals surface area contributed by atoms with E-state index in [2.05, 4.69) is 30.3 Å². The van der Waals surface area contributed by atoms with E-state index in [9.17, 15) is 0 Å². The zero-order chi connectivity index (χ0) is 13.4. The number of halogens is 1. The van der Waals surface area contributed by atoms with Crippen molar-refractivity contribution in [1.29, 1.82) is 0 Å². The predicted molar refractivity (Wildman–Crippen MR) is 85.6 cm³/mol. The number of benzene rings is 1. The molecular weight excluding hydrogens is 294 g/mol. The molecule has 3 rings (SSSR count). The Morgan fingerprint density at radius 1 is 1.30 bits per heavy atom. The molecule has 0 saturated carbocycles. The van der Waals surface area contributed by atoms with Crippen molar-refractivity contribution in [2.45, 2.75) is 29.9 Å². The van der Waals surface area contributed by atoms with Crippen molar-refractivity contribution in [2.75, 3.05) is 33.6 Å². The molecule has 0 N–H and O–H groups in total. The summed E-state index contributed by atoms with van der Waals surface area (Å²) in [6.07, 6.45) is 4.53. The first-order valence-electron chi connectivity index (χ1n) is 6.79. The smallest absolute Gasteiger partial charge is 0.122 e. The Balaban J connectivity index is 0.00000147. The predicted octanol–water partition coefficient (Wildman–Crippen LogP) is 2.64. The summed E-state index contributed by atoms with van der Waals surface area (Å²) in [7, 11) is 3.97. The molecule has 2 atom stereocenters. The number of fused-ring (bicyclic) bond motifs is 2. The standard InChI is InChI=1S/C15H21NO2S.ClH/c1-16-6-7-18-14-9-11-10(8-12(14)16)13(17-2)4-5-15(11)19-3;/h4-5,12,14H,6-9H2,1-3H3;1H/t12-,14-;/m0./s1. The Hall–Kier alpha value is -0.420. The number of likely N-dealkylation sites (N-methyl/N-ethyl adjacent to an activating group) is 1. The third-order valence-corrected chi connectivity index (χ3v) is 5.20. The fourth-order valence-electron chi connectivity index (χ4n) is 3.28. The summed E-state index contributed by atoms with van der Waals surface area (Å²) in [6.45, 7) is 1.88. The summed E-state index contributed by atoms with van der Waals surface area (Å²) in [6, 6.07) is 4.77. The van der Waals surface area contributed by atoms with Crippen LogP contribution in [0.15, 0.2) is 17.0 Å². The Morgan fingerprint density at radius 3 is 2.80 bits per heavy atom. The van der Waals surface area contributed by atoms with Gasteiger partial charge in [0.1, 0.15) is 5.75 Å². The summed E-state index contributed by atoms with van der Waals surface area (Å²) in [5.41, 5.74) is 2.82. The maximum absolute atomic E-state index is 5.99. The van der Waals surface area contributed by atoms with Gasteiger partial charge in [0.2, 0.25) is 0 Å². The lowest BCUT2D eigenvalue weighted by atomic mass is 9.84. The lowest BCUT2D eigenvalue weighted by molar-refractivity contribution is -0.0649. The van der Waals surface area contributed by atoms with Crippen molar-refractivity contribution in [3.05, 3.63) is 23.3 Å². The minimum Gasteiger partial charge on any atom is -0.496 e. The van der Waals surface area contributed by atoms with Crippen LogP contribution in [-0.4, -0.2) is 50.6 Å². The van der Waals surface area contributed by atoms with Crippen LogP contribution in [0.5, 0.6) is 5.75 Å². The highest BCUT2D eigenvalue weighted by molar-refractivity contribution is 7.98. The maximum Gasteiger partial charge on any atom is 0.122 e. The fraction of sp³-hybridized carbons (Fsp3) is 0.600. The van der Waals surface area contributed by atoms with Gasteiger partial charge in [0.25, 0.3) is 0 Å². The number of morpholine rings is 1. The Labute approximate surface area is 131 Å². The van der Waals surface area contributed by atoms with E-state index in [4.69, 9.17) is 9.47 Å². The molecule has 5 heteroatoms. The second-order valence-electron chi connectivity index (χ2n) is 5.29. The molecule has 0 unspecified atom stereocenters. The highest BCUT2D eigenvalue weighted by Gasteiger charge is 2.36. The average Bonchev–Trinajstić information content (AvgIpc) is 2.45. The van der Waals surface area contributed by atoms with Crippen molar-refractivity contribution in [2.24, 2.45) is 0 Å². The van der Waals surface area contributed by atoms with E-state index in [1.165, 1.54) is 16.0 Å².